The molecule has 1 aromatic heterocycles. The van der Waals surface area contributed by atoms with Crippen LogP contribution in [0.2, 0.25) is 0 Å². The second-order valence-electron chi connectivity index (χ2n) is 2.91. The topological polar surface area (TPSA) is 18.5 Å². The van der Waals surface area contributed by atoms with Gasteiger partial charge >= 0.3 is 0 Å². The molecule has 0 saturated carbocycles. The van der Waals surface area contributed by atoms with Crippen LogP contribution in [0.25, 0.3) is 0 Å². The van der Waals surface area contributed by atoms with Gasteiger partial charge in [0.2, 0.25) is 5.06 Å². The van der Waals surface area contributed by atoms with Crippen molar-refractivity contribution in [2.24, 2.45) is 0 Å². The lowest BCUT2D eigenvalue weighted by Gasteiger charge is -2.23. The van der Waals surface area contributed by atoms with Crippen molar-refractivity contribution in [2.45, 2.75) is 25.9 Å². The lowest BCUT2D eigenvalue weighted by atomic mass is 10.2. The summed E-state index contributed by atoms with van der Waals surface area (Å²) in [4.78, 5) is 0. The number of thiophene rings is 1. The Morgan fingerprint density at radius 1 is 1.67 bits per heavy atom. The van der Waals surface area contributed by atoms with Gasteiger partial charge in [-0.15, -0.1) is 11.3 Å². The zero-order chi connectivity index (χ0) is 8.39. The lowest BCUT2D eigenvalue weighted by Crippen LogP contribution is -2.27. The van der Waals surface area contributed by atoms with Crippen LogP contribution in [0.5, 0.6) is 10.8 Å². The molecule has 0 radical (unpaired) electrons. The monoisotopic (exact) mass is 184 g/mol. The highest BCUT2D eigenvalue weighted by Crippen LogP contribution is 2.37. The van der Waals surface area contributed by atoms with Gasteiger partial charge in [0.1, 0.15) is 12.7 Å². The van der Waals surface area contributed by atoms with E-state index in [0.717, 1.165) is 23.7 Å². The van der Waals surface area contributed by atoms with Gasteiger partial charge in [0.05, 0.1) is 0 Å². The number of hydrogen-bond acceptors (Lipinski definition) is 3. The van der Waals surface area contributed by atoms with Crippen molar-refractivity contribution in [1.29, 1.82) is 0 Å². The molecule has 1 atom stereocenters. The number of ether oxygens (including phenoxy) is 2. The van der Waals surface area contributed by atoms with Gasteiger partial charge in [-0.3, -0.25) is 0 Å². The maximum atomic E-state index is 5.70. The molecular weight excluding hydrogens is 172 g/mol. The van der Waals surface area contributed by atoms with Crippen LogP contribution in [-0.2, 0) is 0 Å². The Labute approximate surface area is 76.1 Å². The summed E-state index contributed by atoms with van der Waals surface area (Å²) in [5.41, 5.74) is 0. The van der Waals surface area contributed by atoms with E-state index in [0.29, 0.717) is 6.61 Å². The third-order valence-electron chi connectivity index (χ3n) is 1.90. The SMILES string of the molecule is CCCC1COc2sccc2O1. The molecule has 0 spiro atoms. The largest absolute Gasteiger partial charge is 0.482 e. The minimum absolute atomic E-state index is 0.261. The van der Waals surface area contributed by atoms with Gasteiger partial charge in [-0.2, -0.15) is 0 Å². The van der Waals surface area contributed by atoms with E-state index in [1.54, 1.807) is 11.3 Å². The van der Waals surface area contributed by atoms with E-state index < -0.39 is 0 Å². The molecule has 2 heterocycles. The van der Waals surface area contributed by atoms with Crippen molar-refractivity contribution in [3.8, 4) is 10.8 Å². The summed E-state index contributed by atoms with van der Waals surface area (Å²) in [7, 11) is 0. The highest BCUT2D eigenvalue weighted by atomic mass is 32.1. The fourth-order valence-electron chi connectivity index (χ4n) is 1.32. The summed E-state index contributed by atoms with van der Waals surface area (Å²) in [5, 5.41) is 2.93. The second-order valence-corrected chi connectivity index (χ2v) is 3.79. The van der Waals surface area contributed by atoms with E-state index in [-0.39, 0.29) is 6.10 Å². The van der Waals surface area contributed by atoms with Gasteiger partial charge in [0.15, 0.2) is 5.75 Å². The molecule has 1 aromatic rings. The number of fused-ring (bicyclic) bond motifs is 1. The van der Waals surface area contributed by atoms with E-state index in [1.807, 2.05) is 11.4 Å². The summed E-state index contributed by atoms with van der Waals surface area (Å²) in [6, 6.07) is 1.97. The van der Waals surface area contributed by atoms with Gasteiger partial charge in [0.25, 0.3) is 0 Å². The summed E-state index contributed by atoms with van der Waals surface area (Å²) in [5.74, 6) is 0.921. The summed E-state index contributed by atoms with van der Waals surface area (Å²) < 4.78 is 11.2. The fraction of sp³-hybridized carbons (Fsp3) is 0.556. The molecule has 3 heteroatoms. The van der Waals surface area contributed by atoms with E-state index in [2.05, 4.69) is 6.92 Å². The average molecular weight is 184 g/mol. The first kappa shape index (κ1) is 7.92. The Kier molecular flexibility index (Phi) is 2.21. The van der Waals surface area contributed by atoms with Crippen LogP contribution < -0.4 is 9.47 Å². The molecule has 1 unspecified atom stereocenters. The average Bonchev–Trinajstić information content (AvgIpc) is 2.51. The molecule has 12 heavy (non-hydrogen) atoms. The molecule has 66 valence electrons. The predicted octanol–water partition coefficient (Wildman–Crippen LogP) is 2.69. The highest BCUT2D eigenvalue weighted by Gasteiger charge is 2.20. The van der Waals surface area contributed by atoms with Crippen molar-refractivity contribution in [3.63, 3.8) is 0 Å². The molecule has 2 rings (SSSR count). The van der Waals surface area contributed by atoms with Crippen molar-refractivity contribution in [2.75, 3.05) is 6.61 Å². The molecule has 0 amide bonds. The molecule has 2 nitrogen and oxygen atoms in total. The normalized spacial score (nSPS) is 20.9. The Morgan fingerprint density at radius 3 is 3.42 bits per heavy atom. The Balaban J connectivity index is 2.05. The Morgan fingerprint density at radius 2 is 2.58 bits per heavy atom. The van der Waals surface area contributed by atoms with E-state index in [9.17, 15) is 0 Å². The van der Waals surface area contributed by atoms with Gasteiger partial charge in [0, 0.05) is 0 Å². The van der Waals surface area contributed by atoms with E-state index in [4.69, 9.17) is 9.47 Å². The standard InChI is InChI=1S/C9H12O2S/c1-2-3-7-6-10-9-8(11-7)4-5-12-9/h4-5,7H,2-3,6H2,1H3. The Bertz CT molecular complexity index is 257. The van der Waals surface area contributed by atoms with Crippen LogP contribution in [0.15, 0.2) is 11.4 Å². The highest BCUT2D eigenvalue weighted by molar-refractivity contribution is 7.12. The van der Waals surface area contributed by atoms with Crippen molar-refractivity contribution < 1.29 is 9.47 Å². The molecule has 0 fully saturated rings. The first-order valence-corrected chi connectivity index (χ1v) is 5.15. The quantitative estimate of drug-likeness (QED) is 0.703. The predicted molar refractivity (Wildman–Crippen MR) is 49.1 cm³/mol. The maximum absolute atomic E-state index is 5.70. The smallest absolute Gasteiger partial charge is 0.217 e. The van der Waals surface area contributed by atoms with Gasteiger partial charge in [-0.25, -0.2) is 0 Å². The fourth-order valence-corrected chi connectivity index (χ4v) is 2.01. The van der Waals surface area contributed by atoms with Crippen LogP contribution in [0.1, 0.15) is 19.8 Å². The van der Waals surface area contributed by atoms with Gasteiger partial charge in [-0.05, 0) is 17.9 Å². The third kappa shape index (κ3) is 1.41. The number of rotatable bonds is 2. The molecule has 1 aliphatic rings. The van der Waals surface area contributed by atoms with Crippen LogP contribution in [0.4, 0.5) is 0 Å². The molecule has 0 N–H and O–H groups in total. The molecule has 0 saturated heterocycles. The van der Waals surface area contributed by atoms with Gasteiger partial charge in [-0.1, -0.05) is 13.3 Å². The van der Waals surface area contributed by atoms with Crippen molar-refractivity contribution in [1.82, 2.24) is 0 Å². The van der Waals surface area contributed by atoms with Crippen LogP contribution in [0.3, 0.4) is 0 Å². The maximum Gasteiger partial charge on any atom is 0.217 e. The minimum atomic E-state index is 0.261. The first-order valence-electron chi connectivity index (χ1n) is 4.27. The van der Waals surface area contributed by atoms with Crippen LogP contribution >= 0.6 is 11.3 Å². The molecule has 0 aliphatic carbocycles. The van der Waals surface area contributed by atoms with E-state index >= 15 is 0 Å². The molecule has 1 aliphatic heterocycles. The first-order chi connectivity index (χ1) is 5.90. The van der Waals surface area contributed by atoms with Crippen molar-refractivity contribution in [3.05, 3.63) is 11.4 Å². The minimum Gasteiger partial charge on any atom is -0.482 e. The third-order valence-corrected chi connectivity index (χ3v) is 2.71. The molecule has 0 bridgehead atoms. The van der Waals surface area contributed by atoms with Crippen molar-refractivity contribution >= 4 is 11.3 Å². The summed E-state index contributed by atoms with van der Waals surface area (Å²) in [6.45, 7) is 2.87. The molecular formula is C9H12O2S. The Hall–Kier alpha value is -0.700. The lowest BCUT2D eigenvalue weighted by molar-refractivity contribution is 0.0887. The van der Waals surface area contributed by atoms with Crippen LogP contribution in [-0.4, -0.2) is 12.7 Å². The van der Waals surface area contributed by atoms with E-state index in [1.165, 1.54) is 0 Å². The molecule has 0 aromatic carbocycles. The van der Waals surface area contributed by atoms with Gasteiger partial charge < -0.3 is 9.47 Å². The van der Waals surface area contributed by atoms with Crippen LogP contribution in [0, 0.1) is 0 Å². The zero-order valence-corrected chi connectivity index (χ0v) is 7.89. The summed E-state index contributed by atoms with van der Waals surface area (Å²) in [6.07, 6.45) is 2.49. The zero-order valence-electron chi connectivity index (χ0n) is 7.08. The summed E-state index contributed by atoms with van der Waals surface area (Å²) >= 11 is 1.60. The number of hydrogen-bond donors (Lipinski definition) is 0. The second kappa shape index (κ2) is 3.35.